The van der Waals surface area contributed by atoms with Crippen LogP contribution in [0.1, 0.15) is 11.5 Å². The third-order valence-corrected chi connectivity index (χ3v) is 10.8. The zero-order valence-electron chi connectivity index (χ0n) is 26.7. The SMILES string of the molecule is C1=CC2C(C=C1n1c3ccccc3c3ccccc31)c1ccccc1N2c1ccc2c(c1)c1ccccc1n2-c1ccc2ccccc2c1. The molecule has 0 fully saturated rings. The fraction of sp³-hybridized carbons (Fsp3) is 0.0435. The molecule has 9 aromatic rings. The molecule has 0 spiro atoms. The van der Waals surface area contributed by atoms with Gasteiger partial charge in [-0.15, -0.1) is 0 Å². The van der Waals surface area contributed by atoms with E-state index in [1.54, 1.807) is 0 Å². The molecular formula is C46H31N3. The number of rotatable bonds is 3. The number of nitrogens with zero attached hydrogens (tertiary/aromatic N) is 3. The van der Waals surface area contributed by atoms with Gasteiger partial charge >= 0.3 is 0 Å². The predicted molar refractivity (Wildman–Crippen MR) is 206 cm³/mol. The van der Waals surface area contributed by atoms with Gasteiger partial charge in [0.1, 0.15) is 0 Å². The molecule has 0 N–H and O–H groups in total. The van der Waals surface area contributed by atoms with Crippen LogP contribution in [0.3, 0.4) is 0 Å². The van der Waals surface area contributed by atoms with E-state index >= 15 is 0 Å². The Balaban J connectivity index is 1.06. The molecular weight excluding hydrogens is 595 g/mol. The van der Waals surface area contributed by atoms with Crippen molar-refractivity contribution in [3.8, 4) is 5.69 Å². The van der Waals surface area contributed by atoms with E-state index in [1.165, 1.54) is 82.7 Å². The minimum atomic E-state index is 0.181. The van der Waals surface area contributed by atoms with E-state index in [1.807, 2.05) is 0 Å². The highest BCUT2D eigenvalue weighted by molar-refractivity contribution is 6.12. The lowest BCUT2D eigenvalue weighted by Gasteiger charge is -2.30. The van der Waals surface area contributed by atoms with Gasteiger partial charge < -0.3 is 14.0 Å². The maximum atomic E-state index is 2.55. The van der Waals surface area contributed by atoms with Gasteiger partial charge in [0.2, 0.25) is 0 Å². The topological polar surface area (TPSA) is 13.1 Å². The Morgan fingerprint density at radius 2 is 1.02 bits per heavy atom. The number of fused-ring (bicyclic) bond motifs is 10. The monoisotopic (exact) mass is 625 g/mol. The maximum absolute atomic E-state index is 2.55. The number of para-hydroxylation sites is 4. The first-order valence-electron chi connectivity index (χ1n) is 17.1. The van der Waals surface area contributed by atoms with E-state index in [0.717, 1.165) is 0 Å². The van der Waals surface area contributed by atoms with Gasteiger partial charge in [0.25, 0.3) is 0 Å². The second-order valence-electron chi connectivity index (χ2n) is 13.4. The first kappa shape index (κ1) is 26.7. The van der Waals surface area contributed by atoms with Gasteiger partial charge in [-0.25, -0.2) is 0 Å². The summed E-state index contributed by atoms with van der Waals surface area (Å²) in [5.74, 6) is 0.228. The number of benzene rings is 7. The maximum Gasteiger partial charge on any atom is 0.0631 e. The van der Waals surface area contributed by atoms with Crippen molar-refractivity contribution in [3.05, 3.63) is 182 Å². The molecule has 11 rings (SSSR count). The number of allylic oxidation sites excluding steroid dienone is 2. The summed E-state index contributed by atoms with van der Waals surface area (Å²) in [5.41, 5.74) is 11.2. The van der Waals surface area contributed by atoms with Gasteiger partial charge in [-0.1, -0.05) is 115 Å². The first-order valence-corrected chi connectivity index (χ1v) is 17.1. The van der Waals surface area contributed by atoms with E-state index < -0.39 is 0 Å². The van der Waals surface area contributed by atoms with Crippen molar-refractivity contribution in [2.75, 3.05) is 4.90 Å². The Morgan fingerprint density at radius 1 is 0.429 bits per heavy atom. The lowest BCUT2D eigenvalue weighted by molar-refractivity contribution is 0.743. The van der Waals surface area contributed by atoms with E-state index in [-0.39, 0.29) is 12.0 Å². The van der Waals surface area contributed by atoms with Crippen molar-refractivity contribution < 1.29 is 0 Å². The van der Waals surface area contributed by atoms with Crippen LogP contribution in [0.5, 0.6) is 0 Å². The smallest absolute Gasteiger partial charge is 0.0631 e. The fourth-order valence-electron chi connectivity index (χ4n) is 8.69. The molecule has 49 heavy (non-hydrogen) atoms. The molecule has 7 aromatic carbocycles. The Hall–Kier alpha value is -6.32. The van der Waals surface area contributed by atoms with Gasteiger partial charge in [-0.3, -0.25) is 0 Å². The molecule has 2 aromatic heterocycles. The van der Waals surface area contributed by atoms with Crippen molar-refractivity contribution in [2.24, 2.45) is 0 Å². The van der Waals surface area contributed by atoms with Crippen molar-refractivity contribution in [1.29, 1.82) is 0 Å². The van der Waals surface area contributed by atoms with E-state index in [4.69, 9.17) is 0 Å². The second-order valence-corrected chi connectivity index (χ2v) is 13.4. The molecule has 230 valence electrons. The average molecular weight is 626 g/mol. The van der Waals surface area contributed by atoms with E-state index in [9.17, 15) is 0 Å². The number of aromatic nitrogens is 2. The lowest BCUT2D eigenvalue weighted by atomic mass is 9.90. The van der Waals surface area contributed by atoms with Gasteiger partial charge in [-0.05, 0) is 77.0 Å². The molecule has 3 heterocycles. The first-order chi connectivity index (χ1) is 24.3. The van der Waals surface area contributed by atoms with Crippen LogP contribution in [0, 0.1) is 0 Å². The normalized spacial score (nSPS) is 17.0. The summed E-state index contributed by atoms with van der Waals surface area (Å²) in [6.07, 6.45) is 7.25. The summed E-state index contributed by atoms with van der Waals surface area (Å²) in [7, 11) is 0. The lowest BCUT2D eigenvalue weighted by Crippen LogP contribution is -2.29. The Kier molecular flexibility index (Phi) is 5.50. The van der Waals surface area contributed by atoms with E-state index in [2.05, 4.69) is 190 Å². The Bertz CT molecular complexity index is 2810. The molecule has 1 aliphatic heterocycles. The molecule has 2 atom stereocenters. The minimum Gasteiger partial charge on any atom is -0.333 e. The number of hydrogen-bond donors (Lipinski definition) is 0. The quantitative estimate of drug-likeness (QED) is 0.190. The van der Waals surface area contributed by atoms with Crippen LogP contribution in [0.4, 0.5) is 11.4 Å². The molecule has 0 saturated heterocycles. The summed E-state index contributed by atoms with van der Waals surface area (Å²) < 4.78 is 4.86. The van der Waals surface area contributed by atoms with Gasteiger partial charge in [0.15, 0.2) is 0 Å². The molecule has 0 amide bonds. The summed E-state index contributed by atoms with van der Waals surface area (Å²) in [6.45, 7) is 0. The fourth-order valence-corrected chi connectivity index (χ4v) is 8.69. The van der Waals surface area contributed by atoms with Crippen LogP contribution in [-0.2, 0) is 0 Å². The predicted octanol–water partition coefficient (Wildman–Crippen LogP) is 11.8. The molecule has 0 radical (unpaired) electrons. The largest absolute Gasteiger partial charge is 0.333 e. The third kappa shape index (κ3) is 3.78. The summed E-state index contributed by atoms with van der Waals surface area (Å²) in [6, 6.07) is 57.9. The average Bonchev–Trinajstić information content (AvgIpc) is 3.80. The third-order valence-electron chi connectivity index (χ3n) is 10.8. The van der Waals surface area contributed by atoms with Crippen LogP contribution in [0.15, 0.2) is 176 Å². The molecule has 2 unspecified atom stereocenters. The Labute approximate surface area is 283 Å². The molecule has 3 nitrogen and oxygen atoms in total. The highest BCUT2D eigenvalue weighted by Gasteiger charge is 2.38. The van der Waals surface area contributed by atoms with E-state index in [0.29, 0.717) is 0 Å². The van der Waals surface area contributed by atoms with Crippen LogP contribution < -0.4 is 4.90 Å². The molecule has 0 bridgehead atoms. The van der Waals surface area contributed by atoms with Gasteiger partial charge in [0, 0.05) is 50.2 Å². The van der Waals surface area contributed by atoms with Gasteiger partial charge in [0.05, 0.1) is 28.1 Å². The van der Waals surface area contributed by atoms with Crippen molar-refractivity contribution in [3.63, 3.8) is 0 Å². The molecule has 1 aliphatic carbocycles. The van der Waals surface area contributed by atoms with Crippen molar-refractivity contribution in [1.82, 2.24) is 9.13 Å². The summed E-state index contributed by atoms with van der Waals surface area (Å²) >= 11 is 0. The summed E-state index contributed by atoms with van der Waals surface area (Å²) in [5, 5.41) is 7.62. The van der Waals surface area contributed by atoms with Crippen LogP contribution in [-0.4, -0.2) is 15.2 Å². The zero-order chi connectivity index (χ0) is 32.1. The van der Waals surface area contributed by atoms with Crippen molar-refractivity contribution >= 4 is 71.5 Å². The summed E-state index contributed by atoms with van der Waals surface area (Å²) in [4.78, 5) is 2.55. The highest BCUT2D eigenvalue weighted by atomic mass is 15.2. The Morgan fingerprint density at radius 3 is 1.80 bits per heavy atom. The second kappa shape index (κ2) is 10.1. The van der Waals surface area contributed by atoms with Crippen LogP contribution in [0.2, 0.25) is 0 Å². The highest BCUT2D eigenvalue weighted by Crippen LogP contribution is 2.50. The van der Waals surface area contributed by atoms with Gasteiger partial charge in [-0.2, -0.15) is 0 Å². The molecule has 3 heteroatoms. The standard InChI is InChI=1S/C46H31N3/c1-2-12-31-27-32(22-21-30(31)11-1)47-43-19-9-5-15-37(43)39-29-34(24-25-45(39)47)49-44-20-10-6-16-38(44)40-28-33(23-26-46(40)49)48-41-17-7-3-13-35(41)36-14-4-8-18-42(36)48/h1-29,40,46H. The number of anilines is 2. The zero-order valence-corrected chi connectivity index (χ0v) is 26.7. The van der Waals surface area contributed by atoms with Crippen LogP contribution in [0.25, 0.3) is 65.8 Å². The van der Waals surface area contributed by atoms with Crippen LogP contribution >= 0.6 is 0 Å². The number of hydrogen-bond acceptors (Lipinski definition) is 1. The molecule has 2 aliphatic rings. The molecule has 0 saturated carbocycles. The minimum absolute atomic E-state index is 0.181. The van der Waals surface area contributed by atoms with Crippen molar-refractivity contribution in [2.45, 2.75) is 12.0 Å².